The van der Waals surface area contributed by atoms with Crippen LogP contribution in [0.2, 0.25) is 5.02 Å². The molecule has 3 aromatic rings. The number of Topliss-reactive ketones (excluding diaryl/α,β-unsaturated/α-hetero) is 1. The van der Waals surface area contributed by atoms with E-state index >= 15 is 0 Å². The van der Waals surface area contributed by atoms with E-state index in [4.69, 9.17) is 11.6 Å². The topological polar surface area (TPSA) is 54.4 Å². The van der Waals surface area contributed by atoms with Gasteiger partial charge in [-0.15, -0.1) is 11.8 Å². The van der Waals surface area contributed by atoms with Crippen LogP contribution < -0.4 is 0 Å². The van der Waals surface area contributed by atoms with Gasteiger partial charge in [-0.1, -0.05) is 72.3 Å². The lowest BCUT2D eigenvalue weighted by molar-refractivity contribution is 0.0693. The summed E-state index contributed by atoms with van der Waals surface area (Å²) >= 11 is 7.72. The number of hydrogen-bond acceptors (Lipinski definition) is 3. The largest absolute Gasteiger partial charge is 0.478 e. The predicted molar refractivity (Wildman–Crippen MR) is 109 cm³/mol. The van der Waals surface area contributed by atoms with Gasteiger partial charge in [-0.2, -0.15) is 0 Å². The summed E-state index contributed by atoms with van der Waals surface area (Å²) in [5.74, 6) is -1.01. The normalized spacial score (nSPS) is 11.7. The Labute approximate surface area is 167 Å². The Morgan fingerprint density at radius 2 is 1.52 bits per heavy atom. The molecule has 1 N–H and O–H groups in total. The monoisotopic (exact) mass is 396 g/mol. The summed E-state index contributed by atoms with van der Waals surface area (Å²) in [5, 5.41) is 9.72. The molecule has 0 fully saturated rings. The van der Waals surface area contributed by atoms with E-state index in [9.17, 15) is 14.7 Å². The second-order valence-electron chi connectivity index (χ2n) is 5.92. The Hall–Kier alpha value is -2.56. The average molecular weight is 397 g/mol. The first-order valence-corrected chi connectivity index (χ1v) is 9.63. The highest BCUT2D eigenvalue weighted by molar-refractivity contribution is 7.99. The zero-order valence-electron chi connectivity index (χ0n) is 14.3. The number of benzene rings is 3. The van der Waals surface area contributed by atoms with Gasteiger partial charge in [0.05, 0.1) is 5.56 Å². The van der Waals surface area contributed by atoms with Crippen molar-refractivity contribution in [2.24, 2.45) is 0 Å². The van der Waals surface area contributed by atoms with Crippen molar-refractivity contribution >= 4 is 35.1 Å². The average Bonchev–Trinajstić information content (AvgIpc) is 2.69. The van der Waals surface area contributed by atoms with Crippen molar-refractivity contribution in [3.8, 4) is 0 Å². The molecule has 0 spiro atoms. The van der Waals surface area contributed by atoms with E-state index in [1.807, 2.05) is 36.4 Å². The van der Waals surface area contributed by atoms with Crippen molar-refractivity contribution in [1.82, 2.24) is 0 Å². The summed E-state index contributed by atoms with van der Waals surface area (Å²) in [4.78, 5) is 24.9. The highest BCUT2D eigenvalue weighted by Crippen LogP contribution is 2.42. The van der Waals surface area contributed by atoms with Gasteiger partial charge in [0.25, 0.3) is 0 Å². The van der Waals surface area contributed by atoms with Crippen LogP contribution in [0.4, 0.5) is 0 Å². The molecule has 0 saturated carbocycles. The molecule has 0 aromatic heterocycles. The van der Waals surface area contributed by atoms with Gasteiger partial charge in [-0.25, -0.2) is 4.79 Å². The van der Waals surface area contributed by atoms with Crippen LogP contribution >= 0.6 is 23.4 Å². The van der Waals surface area contributed by atoms with E-state index in [0.717, 1.165) is 5.56 Å². The maximum absolute atomic E-state index is 12.8. The Bertz CT molecular complexity index is 957. The van der Waals surface area contributed by atoms with Crippen molar-refractivity contribution in [2.75, 3.05) is 0 Å². The molecular weight excluding hydrogens is 380 g/mol. The number of halogens is 1. The Balaban J connectivity index is 1.95. The molecule has 1 atom stereocenters. The first-order valence-electron chi connectivity index (χ1n) is 8.38. The van der Waals surface area contributed by atoms with E-state index in [-0.39, 0.29) is 23.0 Å². The quantitative estimate of drug-likeness (QED) is 0.384. The molecule has 0 bridgehead atoms. The molecule has 3 rings (SSSR count). The van der Waals surface area contributed by atoms with Crippen molar-refractivity contribution in [2.45, 2.75) is 16.6 Å². The number of carboxylic acids is 1. The molecule has 0 heterocycles. The molecule has 3 aromatic carbocycles. The molecule has 0 saturated heterocycles. The summed E-state index contributed by atoms with van der Waals surface area (Å²) in [6.07, 6.45) is 0.215. The lowest BCUT2D eigenvalue weighted by Gasteiger charge is -2.19. The third-order valence-corrected chi connectivity index (χ3v) is 5.76. The van der Waals surface area contributed by atoms with E-state index in [1.54, 1.807) is 42.5 Å². The van der Waals surface area contributed by atoms with Crippen LogP contribution in [0.25, 0.3) is 0 Å². The number of thioether (sulfide) groups is 1. The molecular formula is C22H17ClO3S. The zero-order chi connectivity index (χ0) is 19.2. The van der Waals surface area contributed by atoms with Gasteiger partial charge in [0.2, 0.25) is 0 Å². The molecule has 5 heteroatoms. The van der Waals surface area contributed by atoms with Gasteiger partial charge in [0, 0.05) is 27.2 Å². The fourth-order valence-electron chi connectivity index (χ4n) is 2.76. The molecule has 27 heavy (non-hydrogen) atoms. The van der Waals surface area contributed by atoms with E-state index < -0.39 is 5.97 Å². The summed E-state index contributed by atoms with van der Waals surface area (Å²) < 4.78 is 0. The van der Waals surface area contributed by atoms with Crippen LogP contribution in [0.15, 0.2) is 83.8 Å². The minimum absolute atomic E-state index is 0.0131. The van der Waals surface area contributed by atoms with E-state index in [1.165, 1.54) is 11.8 Å². The molecule has 3 nitrogen and oxygen atoms in total. The summed E-state index contributed by atoms with van der Waals surface area (Å²) in [6, 6.07) is 23.2. The molecule has 0 aliphatic carbocycles. The maximum Gasteiger partial charge on any atom is 0.336 e. The third kappa shape index (κ3) is 4.79. The van der Waals surface area contributed by atoms with Crippen LogP contribution in [-0.4, -0.2) is 16.9 Å². The number of hydrogen-bond donors (Lipinski definition) is 1. The van der Waals surface area contributed by atoms with Gasteiger partial charge in [0.15, 0.2) is 5.78 Å². The fourth-order valence-corrected chi connectivity index (χ4v) is 4.41. The Morgan fingerprint density at radius 3 is 2.22 bits per heavy atom. The summed E-state index contributed by atoms with van der Waals surface area (Å²) in [7, 11) is 0. The standard InChI is InChI=1S/C22H17ClO3S/c23-18-12-6-4-10-16(18)21(14-19(24)15-8-2-1-3-9-15)27-20-13-7-5-11-17(20)22(25)26/h1-13,21H,14H2,(H,25,26)/t21-/m1/s1. The number of carbonyl (C=O) groups excluding carboxylic acids is 1. The smallest absolute Gasteiger partial charge is 0.336 e. The van der Waals surface area contributed by atoms with Gasteiger partial charge in [0.1, 0.15) is 0 Å². The lowest BCUT2D eigenvalue weighted by atomic mass is 10.0. The van der Waals surface area contributed by atoms with E-state index in [0.29, 0.717) is 15.5 Å². The molecule has 0 unspecified atom stereocenters. The minimum Gasteiger partial charge on any atom is -0.478 e. The summed E-state index contributed by atoms with van der Waals surface area (Å²) in [6.45, 7) is 0. The second kappa shape index (κ2) is 8.89. The predicted octanol–water partition coefficient (Wildman–Crippen LogP) is 6.14. The maximum atomic E-state index is 12.8. The van der Waals surface area contributed by atoms with Crippen molar-refractivity contribution in [3.05, 3.63) is 101 Å². The van der Waals surface area contributed by atoms with Crippen LogP contribution in [0.5, 0.6) is 0 Å². The fraction of sp³-hybridized carbons (Fsp3) is 0.0909. The number of carboxylic acid groups (broad SMARTS) is 1. The SMILES string of the molecule is O=C(C[C@@H](Sc1ccccc1C(=O)O)c1ccccc1Cl)c1ccccc1. The molecule has 136 valence electrons. The lowest BCUT2D eigenvalue weighted by Crippen LogP contribution is -2.07. The summed E-state index contributed by atoms with van der Waals surface area (Å²) in [5.41, 5.74) is 1.65. The number of ketones is 1. The van der Waals surface area contributed by atoms with Gasteiger partial charge >= 0.3 is 5.97 Å². The van der Waals surface area contributed by atoms with Crippen molar-refractivity contribution in [3.63, 3.8) is 0 Å². The minimum atomic E-state index is -0.995. The number of carbonyl (C=O) groups is 2. The van der Waals surface area contributed by atoms with Crippen molar-refractivity contribution in [1.29, 1.82) is 0 Å². The van der Waals surface area contributed by atoms with Crippen molar-refractivity contribution < 1.29 is 14.7 Å². The Morgan fingerprint density at radius 1 is 0.889 bits per heavy atom. The first kappa shape index (κ1) is 19.2. The first-order chi connectivity index (χ1) is 13.1. The van der Waals surface area contributed by atoms with Crippen LogP contribution in [0.1, 0.15) is 38.0 Å². The molecule has 0 radical (unpaired) electrons. The zero-order valence-corrected chi connectivity index (χ0v) is 15.9. The Kier molecular flexibility index (Phi) is 6.32. The highest BCUT2D eigenvalue weighted by atomic mass is 35.5. The molecule has 0 aliphatic rings. The number of rotatable bonds is 7. The van der Waals surface area contributed by atoms with Gasteiger partial charge in [-0.05, 0) is 23.8 Å². The highest BCUT2D eigenvalue weighted by Gasteiger charge is 2.23. The molecule has 0 amide bonds. The van der Waals surface area contributed by atoms with Gasteiger partial charge < -0.3 is 5.11 Å². The van der Waals surface area contributed by atoms with Crippen LogP contribution in [0.3, 0.4) is 0 Å². The van der Waals surface area contributed by atoms with Crippen LogP contribution in [-0.2, 0) is 0 Å². The third-order valence-electron chi connectivity index (χ3n) is 4.11. The van der Waals surface area contributed by atoms with E-state index in [2.05, 4.69) is 0 Å². The second-order valence-corrected chi connectivity index (χ2v) is 7.57. The van der Waals surface area contributed by atoms with Gasteiger partial charge in [-0.3, -0.25) is 4.79 Å². The van der Waals surface area contributed by atoms with Crippen LogP contribution in [0, 0.1) is 0 Å². The number of aromatic carboxylic acids is 1. The molecule has 0 aliphatic heterocycles.